The van der Waals surface area contributed by atoms with E-state index in [1.807, 2.05) is 0 Å². The molecule has 0 amide bonds. The van der Waals surface area contributed by atoms with Crippen LogP contribution in [0.5, 0.6) is 0 Å². The molecule has 1 aliphatic heterocycles. The molecule has 1 aromatic rings. The molecule has 0 aliphatic carbocycles. The lowest BCUT2D eigenvalue weighted by atomic mass is 10.1. The number of benzene rings is 1. The summed E-state index contributed by atoms with van der Waals surface area (Å²) in [5.41, 5.74) is 7.51. The predicted octanol–water partition coefficient (Wildman–Crippen LogP) is 0.411. The van der Waals surface area contributed by atoms with Gasteiger partial charge in [-0.2, -0.15) is 0 Å². The molecule has 0 saturated carbocycles. The van der Waals surface area contributed by atoms with Crippen molar-refractivity contribution < 1.29 is 13.2 Å². The van der Waals surface area contributed by atoms with Gasteiger partial charge in [-0.05, 0) is 12.1 Å². The van der Waals surface area contributed by atoms with Crippen LogP contribution in [-0.2, 0) is 0 Å². The third kappa shape index (κ3) is 2.02. The fraction of sp³-hybridized carbons (Fsp3) is 0. The second kappa shape index (κ2) is 3.98. The number of nitrogens with two attached hydrogens (primary N) is 2. The van der Waals surface area contributed by atoms with E-state index in [0.29, 0.717) is 0 Å². The molecule has 17 heavy (non-hydrogen) atoms. The van der Waals surface area contributed by atoms with E-state index in [1.54, 1.807) is 0 Å². The van der Waals surface area contributed by atoms with Crippen LogP contribution in [0.25, 0.3) is 5.70 Å². The Balaban J connectivity index is 2.52. The first-order valence-corrected chi connectivity index (χ1v) is 4.49. The van der Waals surface area contributed by atoms with Gasteiger partial charge in [0, 0.05) is 5.56 Å². The number of rotatable bonds is 1. The van der Waals surface area contributed by atoms with Crippen LogP contribution in [0.1, 0.15) is 5.56 Å². The molecular formula is C9H8F3N5. The van der Waals surface area contributed by atoms with E-state index in [-0.39, 0.29) is 17.2 Å². The fourth-order valence-electron chi connectivity index (χ4n) is 1.33. The summed E-state index contributed by atoms with van der Waals surface area (Å²) in [5.74, 6) is 1.09. The average Bonchev–Trinajstić information content (AvgIpc) is 2.24. The number of hydrazine groups is 2. The lowest BCUT2D eigenvalue weighted by Crippen LogP contribution is -2.48. The Bertz CT molecular complexity index is 526. The topological polar surface area (TPSA) is 79.7 Å². The van der Waals surface area contributed by atoms with Gasteiger partial charge in [-0.3, -0.25) is 5.43 Å². The summed E-state index contributed by atoms with van der Waals surface area (Å²) in [6.45, 7) is 0. The molecule has 0 atom stereocenters. The molecule has 0 fully saturated rings. The van der Waals surface area contributed by atoms with Crippen LogP contribution >= 0.6 is 0 Å². The maximum absolute atomic E-state index is 13.5. The number of nitrogens with one attached hydrogen (secondary N) is 1. The zero-order chi connectivity index (χ0) is 12.6. The molecule has 5 nitrogen and oxygen atoms in total. The van der Waals surface area contributed by atoms with E-state index in [1.165, 1.54) is 6.20 Å². The Morgan fingerprint density at radius 1 is 1.18 bits per heavy atom. The zero-order valence-corrected chi connectivity index (χ0v) is 8.42. The van der Waals surface area contributed by atoms with Crippen LogP contribution < -0.4 is 17.0 Å². The highest BCUT2D eigenvalue weighted by atomic mass is 19.2. The largest absolute Gasteiger partial charge is 0.368 e. The molecule has 1 aliphatic rings. The first-order valence-electron chi connectivity index (χ1n) is 4.49. The summed E-state index contributed by atoms with van der Waals surface area (Å²) in [6, 6.07) is 1.85. The van der Waals surface area contributed by atoms with E-state index in [0.717, 1.165) is 17.3 Å². The Labute approximate surface area is 94.2 Å². The summed E-state index contributed by atoms with van der Waals surface area (Å²) in [5, 5.41) is 0.929. The Kier molecular flexibility index (Phi) is 2.64. The maximum atomic E-state index is 13.5. The molecular weight excluding hydrogens is 235 g/mol. The van der Waals surface area contributed by atoms with Gasteiger partial charge < -0.3 is 5.73 Å². The number of hydrogen-bond acceptors (Lipinski definition) is 5. The molecule has 5 N–H and O–H groups in total. The minimum Gasteiger partial charge on any atom is -0.368 e. The zero-order valence-electron chi connectivity index (χ0n) is 8.42. The molecule has 0 unspecified atom stereocenters. The minimum atomic E-state index is -1.57. The second-order valence-corrected chi connectivity index (χ2v) is 3.25. The van der Waals surface area contributed by atoms with Gasteiger partial charge in [-0.25, -0.2) is 29.1 Å². The minimum absolute atomic E-state index is 0.0137. The van der Waals surface area contributed by atoms with E-state index in [4.69, 9.17) is 11.6 Å². The highest BCUT2D eigenvalue weighted by Gasteiger charge is 2.18. The number of aliphatic imine (C=N–C) groups is 1. The SMILES string of the molecule is NC1=NC(c2ccc(F)c(F)c2F)=CN(N)N1. The molecule has 0 radical (unpaired) electrons. The monoisotopic (exact) mass is 243 g/mol. The fourth-order valence-corrected chi connectivity index (χ4v) is 1.33. The number of nitrogens with zero attached hydrogens (tertiary/aromatic N) is 2. The Morgan fingerprint density at radius 3 is 2.53 bits per heavy atom. The molecule has 0 aromatic heterocycles. The molecule has 0 saturated heterocycles. The predicted molar refractivity (Wildman–Crippen MR) is 55.1 cm³/mol. The van der Waals surface area contributed by atoms with Crippen molar-refractivity contribution >= 4 is 11.7 Å². The van der Waals surface area contributed by atoms with Gasteiger partial charge in [0.25, 0.3) is 0 Å². The summed E-state index contributed by atoms with van der Waals surface area (Å²) >= 11 is 0. The normalized spacial score (nSPS) is 15.2. The van der Waals surface area contributed by atoms with E-state index in [2.05, 4.69) is 10.4 Å². The van der Waals surface area contributed by atoms with Crippen LogP contribution in [0.3, 0.4) is 0 Å². The Morgan fingerprint density at radius 2 is 1.88 bits per heavy atom. The number of halogens is 3. The van der Waals surface area contributed by atoms with Crippen molar-refractivity contribution in [1.82, 2.24) is 10.5 Å². The highest BCUT2D eigenvalue weighted by molar-refractivity contribution is 5.86. The van der Waals surface area contributed by atoms with Gasteiger partial charge >= 0.3 is 0 Å². The molecule has 0 spiro atoms. The van der Waals surface area contributed by atoms with Crippen molar-refractivity contribution in [2.24, 2.45) is 16.6 Å². The van der Waals surface area contributed by atoms with Crippen molar-refractivity contribution in [2.75, 3.05) is 0 Å². The first kappa shape index (κ1) is 11.3. The lowest BCUT2D eigenvalue weighted by molar-refractivity contribution is 0.342. The molecule has 1 aromatic carbocycles. The van der Waals surface area contributed by atoms with Crippen LogP contribution in [0.15, 0.2) is 23.3 Å². The first-order chi connectivity index (χ1) is 7.99. The van der Waals surface area contributed by atoms with E-state index < -0.39 is 17.5 Å². The van der Waals surface area contributed by atoms with E-state index in [9.17, 15) is 13.2 Å². The summed E-state index contributed by atoms with van der Waals surface area (Å²) < 4.78 is 39.2. The van der Waals surface area contributed by atoms with Gasteiger partial charge in [0.1, 0.15) is 0 Å². The van der Waals surface area contributed by atoms with Crippen molar-refractivity contribution in [3.8, 4) is 0 Å². The van der Waals surface area contributed by atoms with Crippen molar-refractivity contribution in [2.45, 2.75) is 0 Å². The smallest absolute Gasteiger partial charge is 0.214 e. The number of hydrogen-bond donors (Lipinski definition) is 3. The van der Waals surface area contributed by atoms with Gasteiger partial charge in [0.15, 0.2) is 17.5 Å². The van der Waals surface area contributed by atoms with Gasteiger partial charge in [-0.1, -0.05) is 0 Å². The molecule has 2 rings (SSSR count). The number of guanidine groups is 1. The van der Waals surface area contributed by atoms with Gasteiger partial charge in [0.05, 0.1) is 11.9 Å². The lowest BCUT2D eigenvalue weighted by Gasteiger charge is -2.21. The summed E-state index contributed by atoms with van der Waals surface area (Å²) in [6.07, 6.45) is 1.19. The highest BCUT2D eigenvalue weighted by Crippen LogP contribution is 2.24. The third-order valence-corrected chi connectivity index (χ3v) is 2.06. The summed E-state index contributed by atoms with van der Waals surface area (Å²) in [4.78, 5) is 3.73. The Hall–Kier alpha value is -2.22. The van der Waals surface area contributed by atoms with Crippen LogP contribution in [0.4, 0.5) is 13.2 Å². The van der Waals surface area contributed by atoms with Crippen LogP contribution in [-0.4, -0.2) is 11.1 Å². The van der Waals surface area contributed by atoms with Crippen molar-refractivity contribution in [3.05, 3.63) is 41.3 Å². The quantitative estimate of drug-likeness (QED) is 0.493. The van der Waals surface area contributed by atoms with Crippen LogP contribution in [0.2, 0.25) is 0 Å². The van der Waals surface area contributed by atoms with Crippen LogP contribution in [0, 0.1) is 17.5 Å². The molecule has 1 heterocycles. The molecule has 8 heteroatoms. The molecule has 0 bridgehead atoms. The molecule has 90 valence electrons. The van der Waals surface area contributed by atoms with Gasteiger partial charge in [-0.15, -0.1) is 0 Å². The summed E-state index contributed by atoms with van der Waals surface area (Å²) in [7, 11) is 0. The third-order valence-electron chi connectivity index (χ3n) is 2.06. The van der Waals surface area contributed by atoms with Crippen molar-refractivity contribution in [1.29, 1.82) is 0 Å². The second-order valence-electron chi connectivity index (χ2n) is 3.25. The van der Waals surface area contributed by atoms with E-state index >= 15 is 0 Å². The maximum Gasteiger partial charge on any atom is 0.214 e. The van der Waals surface area contributed by atoms with Crippen molar-refractivity contribution in [3.63, 3.8) is 0 Å². The average molecular weight is 243 g/mol. The van der Waals surface area contributed by atoms with Gasteiger partial charge in [0.2, 0.25) is 5.96 Å². The standard InChI is InChI=1S/C9H8F3N5/c10-5-2-1-4(7(11)8(5)12)6-3-17(14)16-9(13)15-6/h1-3H,14H2,(H3,13,15,16).